The van der Waals surface area contributed by atoms with E-state index in [0.717, 1.165) is 0 Å². The van der Waals surface area contributed by atoms with Crippen molar-refractivity contribution in [3.8, 4) is 6.07 Å². The summed E-state index contributed by atoms with van der Waals surface area (Å²) >= 11 is 0. The van der Waals surface area contributed by atoms with Gasteiger partial charge in [0.1, 0.15) is 5.52 Å². The third-order valence-electron chi connectivity index (χ3n) is 1.74. The second-order valence-corrected chi connectivity index (χ2v) is 5.26. The molecule has 0 fully saturated rings. The molecule has 0 spiro atoms. The Morgan fingerprint density at radius 2 is 2.20 bits per heavy atom. The van der Waals surface area contributed by atoms with Gasteiger partial charge in [-0.1, -0.05) is 0 Å². The van der Waals surface area contributed by atoms with Gasteiger partial charge in [-0.25, -0.2) is 8.42 Å². The molecule has 0 atom stereocenters. The van der Waals surface area contributed by atoms with Gasteiger partial charge in [0.25, 0.3) is 9.05 Å². The lowest BCUT2D eigenvalue weighted by Crippen LogP contribution is -1.88. The maximum absolute atomic E-state index is 11.0. The topological polar surface area (TPSA) is 84.0 Å². The number of fused-ring (bicyclic) bond motifs is 1. The van der Waals surface area contributed by atoms with Crippen LogP contribution in [0.3, 0.4) is 0 Å². The first-order valence-electron chi connectivity index (χ1n) is 3.76. The molecule has 1 heterocycles. The predicted octanol–water partition coefficient (Wildman–Crippen LogP) is 1.63. The van der Waals surface area contributed by atoms with Crippen molar-refractivity contribution in [2.24, 2.45) is 0 Å². The Balaban J connectivity index is 2.72. The lowest BCUT2D eigenvalue weighted by atomic mass is 10.3. The minimum absolute atomic E-state index is 0.0858. The summed E-state index contributed by atoms with van der Waals surface area (Å²) in [7, 11) is 1.35. The van der Waals surface area contributed by atoms with Crippen LogP contribution in [0, 0.1) is 11.3 Å². The fraction of sp³-hybridized carbons (Fsp3) is 0. The summed E-state index contributed by atoms with van der Waals surface area (Å²) in [5.74, 6) is -0.117. The van der Waals surface area contributed by atoms with Gasteiger partial charge in [0.05, 0.1) is 4.90 Å². The molecule has 15 heavy (non-hydrogen) atoms. The van der Waals surface area contributed by atoms with Crippen LogP contribution in [0.2, 0.25) is 0 Å². The Morgan fingerprint density at radius 1 is 1.47 bits per heavy atom. The second kappa shape index (κ2) is 3.22. The summed E-state index contributed by atoms with van der Waals surface area (Å²) in [5, 5.41) is 8.52. The smallest absolute Gasteiger partial charge is 0.301 e. The largest absolute Gasteiger partial charge is 0.428 e. The van der Waals surface area contributed by atoms with Gasteiger partial charge < -0.3 is 4.42 Å². The van der Waals surface area contributed by atoms with Gasteiger partial charge in [-0.3, -0.25) is 0 Å². The van der Waals surface area contributed by atoms with Crippen LogP contribution in [0.4, 0.5) is 0 Å². The maximum Gasteiger partial charge on any atom is 0.301 e. The standard InChI is InChI=1S/C8H3ClN2O3S/c9-15(12,13)5-1-2-6-7(3-5)14-8(4-10)11-6/h1-3H. The van der Waals surface area contributed by atoms with E-state index < -0.39 is 9.05 Å². The maximum atomic E-state index is 11.0. The lowest BCUT2D eigenvalue weighted by molar-refractivity contribution is 0.582. The molecule has 0 radical (unpaired) electrons. The molecule has 0 aliphatic heterocycles. The van der Waals surface area contributed by atoms with Crippen molar-refractivity contribution in [1.82, 2.24) is 4.98 Å². The minimum Gasteiger partial charge on any atom is -0.428 e. The highest BCUT2D eigenvalue weighted by atomic mass is 35.7. The highest BCUT2D eigenvalue weighted by Gasteiger charge is 2.13. The van der Waals surface area contributed by atoms with Crippen LogP contribution in [-0.2, 0) is 9.05 Å². The van der Waals surface area contributed by atoms with E-state index in [-0.39, 0.29) is 16.4 Å². The number of halogens is 1. The molecule has 1 aromatic heterocycles. The summed E-state index contributed by atoms with van der Waals surface area (Å²) in [6.45, 7) is 0. The number of rotatable bonds is 1. The van der Waals surface area contributed by atoms with Gasteiger partial charge in [0.15, 0.2) is 11.7 Å². The van der Waals surface area contributed by atoms with Crippen LogP contribution in [0.5, 0.6) is 0 Å². The zero-order chi connectivity index (χ0) is 11.1. The second-order valence-electron chi connectivity index (χ2n) is 2.70. The fourth-order valence-corrected chi connectivity index (χ4v) is 1.87. The molecule has 0 aliphatic carbocycles. The van der Waals surface area contributed by atoms with Crippen molar-refractivity contribution in [1.29, 1.82) is 5.26 Å². The van der Waals surface area contributed by atoms with Gasteiger partial charge in [0, 0.05) is 16.7 Å². The average molecular weight is 243 g/mol. The van der Waals surface area contributed by atoms with Crippen LogP contribution >= 0.6 is 10.7 Å². The Hall–Kier alpha value is -1.58. The molecule has 0 saturated carbocycles. The van der Waals surface area contributed by atoms with Crippen molar-refractivity contribution >= 4 is 30.8 Å². The van der Waals surface area contributed by atoms with Crippen molar-refractivity contribution in [2.75, 3.05) is 0 Å². The third-order valence-corrected chi connectivity index (χ3v) is 3.09. The highest BCUT2D eigenvalue weighted by molar-refractivity contribution is 8.13. The third kappa shape index (κ3) is 1.79. The van der Waals surface area contributed by atoms with E-state index in [2.05, 4.69) is 4.98 Å². The summed E-state index contributed by atoms with van der Waals surface area (Å²) in [5.41, 5.74) is 0.629. The number of aromatic nitrogens is 1. The molecule has 0 aliphatic rings. The normalized spacial score (nSPS) is 11.5. The Bertz CT molecular complexity index is 669. The molecule has 7 heteroatoms. The quantitative estimate of drug-likeness (QED) is 0.710. The molecular weight excluding hydrogens is 240 g/mol. The minimum atomic E-state index is -3.79. The van der Waals surface area contributed by atoms with Crippen LogP contribution < -0.4 is 0 Å². The van der Waals surface area contributed by atoms with Crippen molar-refractivity contribution in [3.05, 3.63) is 24.1 Å². The van der Waals surface area contributed by atoms with Gasteiger partial charge in [0.2, 0.25) is 0 Å². The first kappa shape index (κ1) is 9.96. The molecule has 0 bridgehead atoms. The summed E-state index contributed by atoms with van der Waals surface area (Å²) in [6.07, 6.45) is 0. The van der Waals surface area contributed by atoms with E-state index in [1.54, 1.807) is 6.07 Å². The van der Waals surface area contributed by atoms with Gasteiger partial charge in [-0.2, -0.15) is 10.2 Å². The van der Waals surface area contributed by atoms with Crippen LogP contribution in [-0.4, -0.2) is 13.4 Å². The molecule has 0 amide bonds. The SMILES string of the molecule is N#Cc1nc2ccc(S(=O)(=O)Cl)cc2o1. The van der Waals surface area contributed by atoms with E-state index in [1.165, 1.54) is 18.2 Å². The molecule has 0 saturated heterocycles. The monoisotopic (exact) mass is 242 g/mol. The van der Waals surface area contributed by atoms with E-state index in [9.17, 15) is 8.42 Å². The summed E-state index contributed by atoms with van der Waals surface area (Å²) < 4.78 is 26.9. The van der Waals surface area contributed by atoms with Crippen LogP contribution in [0.25, 0.3) is 11.1 Å². The van der Waals surface area contributed by atoms with E-state index in [0.29, 0.717) is 5.52 Å². The molecule has 2 rings (SSSR count). The molecule has 76 valence electrons. The number of hydrogen-bond donors (Lipinski definition) is 0. The van der Waals surface area contributed by atoms with E-state index >= 15 is 0 Å². The van der Waals surface area contributed by atoms with Crippen LogP contribution in [0.15, 0.2) is 27.5 Å². The lowest BCUT2D eigenvalue weighted by Gasteiger charge is -1.93. The van der Waals surface area contributed by atoms with E-state index in [4.69, 9.17) is 20.4 Å². The van der Waals surface area contributed by atoms with E-state index in [1.807, 2.05) is 0 Å². The Kier molecular flexibility index (Phi) is 2.14. The molecule has 2 aromatic rings. The van der Waals surface area contributed by atoms with Crippen molar-refractivity contribution in [2.45, 2.75) is 4.90 Å². The van der Waals surface area contributed by atoms with Crippen molar-refractivity contribution < 1.29 is 12.8 Å². The number of hydrogen-bond acceptors (Lipinski definition) is 5. The van der Waals surface area contributed by atoms with Crippen molar-refractivity contribution in [3.63, 3.8) is 0 Å². The zero-order valence-corrected chi connectivity index (χ0v) is 8.71. The van der Waals surface area contributed by atoms with Gasteiger partial charge in [-0.05, 0) is 12.1 Å². The number of benzene rings is 1. The zero-order valence-electron chi connectivity index (χ0n) is 7.14. The Labute approximate surface area is 89.3 Å². The fourth-order valence-electron chi connectivity index (χ4n) is 1.10. The molecular formula is C8H3ClN2O3S. The number of nitrogens with zero attached hydrogens (tertiary/aromatic N) is 2. The molecule has 0 N–H and O–H groups in total. The van der Waals surface area contributed by atoms with Gasteiger partial charge in [-0.15, -0.1) is 0 Å². The van der Waals surface area contributed by atoms with Gasteiger partial charge >= 0.3 is 5.89 Å². The average Bonchev–Trinajstić information content (AvgIpc) is 2.57. The first-order valence-corrected chi connectivity index (χ1v) is 6.07. The summed E-state index contributed by atoms with van der Waals surface area (Å²) in [6, 6.07) is 5.67. The predicted molar refractivity (Wildman–Crippen MR) is 51.8 cm³/mol. The van der Waals surface area contributed by atoms with Crippen LogP contribution in [0.1, 0.15) is 5.89 Å². The molecule has 0 unspecified atom stereocenters. The first-order chi connectivity index (χ1) is 7.00. The molecule has 1 aromatic carbocycles. The Morgan fingerprint density at radius 3 is 2.80 bits per heavy atom. The highest BCUT2D eigenvalue weighted by Crippen LogP contribution is 2.21. The number of oxazole rings is 1. The summed E-state index contributed by atoms with van der Waals surface area (Å²) in [4.78, 5) is 3.70. The number of nitriles is 1. The molecule has 5 nitrogen and oxygen atoms in total.